The second kappa shape index (κ2) is 8.97. The van der Waals surface area contributed by atoms with Gasteiger partial charge in [-0.25, -0.2) is 0 Å². The quantitative estimate of drug-likeness (QED) is 0.786. The standard InChI is InChI=1S/C14H17Cl2NO3/c1-20-7-5-17(4-6-18)14(19)3-2-11-8-12(15)10-13(16)9-11/h2-3,8-10,18H,4-7H2,1H3/b3-2+. The third-order valence-corrected chi connectivity index (χ3v) is 2.99. The number of benzene rings is 1. The zero-order valence-corrected chi connectivity index (χ0v) is 12.7. The molecular weight excluding hydrogens is 301 g/mol. The molecule has 1 amide bonds. The Kier molecular flexibility index (Phi) is 7.62. The fourth-order valence-corrected chi connectivity index (χ4v) is 2.14. The van der Waals surface area contributed by atoms with Crippen molar-refractivity contribution >= 4 is 35.2 Å². The van der Waals surface area contributed by atoms with Crippen molar-refractivity contribution in [2.45, 2.75) is 0 Å². The minimum Gasteiger partial charge on any atom is -0.395 e. The Bertz CT molecular complexity index is 457. The van der Waals surface area contributed by atoms with Gasteiger partial charge in [-0.2, -0.15) is 0 Å². The van der Waals surface area contributed by atoms with Gasteiger partial charge in [-0.05, 0) is 29.8 Å². The summed E-state index contributed by atoms with van der Waals surface area (Å²) in [4.78, 5) is 13.5. The van der Waals surface area contributed by atoms with Crippen molar-refractivity contribution in [2.24, 2.45) is 0 Å². The van der Waals surface area contributed by atoms with Crippen molar-refractivity contribution in [3.05, 3.63) is 39.9 Å². The SMILES string of the molecule is COCCN(CCO)C(=O)/C=C/c1cc(Cl)cc(Cl)c1. The summed E-state index contributed by atoms with van der Waals surface area (Å²) < 4.78 is 4.93. The molecule has 0 aliphatic carbocycles. The molecule has 1 aromatic rings. The first-order valence-electron chi connectivity index (χ1n) is 6.09. The highest BCUT2D eigenvalue weighted by Gasteiger charge is 2.09. The minimum atomic E-state index is -0.202. The molecule has 0 spiro atoms. The second-order valence-electron chi connectivity index (χ2n) is 4.08. The molecule has 1 N–H and O–H groups in total. The predicted octanol–water partition coefficient (Wildman–Crippen LogP) is 2.47. The molecular formula is C14H17Cl2NO3. The molecule has 110 valence electrons. The average Bonchev–Trinajstić information content (AvgIpc) is 2.39. The highest BCUT2D eigenvalue weighted by Crippen LogP contribution is 2.19. The first-order chi connectivity index (χ1) is 9.56. The lowest BCUT2D eigenvalue weighted by atomic mass is 10.2. The Labute approximate surface area is 128 Å². The van der Waals surface area contributed by atoms with Gasteiger partial charge in [0.15, 0.2) is 0 Å². The zero-order valence-electron chi connectivity index (χ0n) is 11.2. The molecule has 1 rings (SSSR count). The number of hydrogen-bond acceptors (Lipinski definition) is 3. The molecule has 0 aromatic heterocycles. The number of hydrogen-bond donors (Lipinski definition) is 1. The van der Waals surface area contributed by atoms with E-state index in [1.807, 2.05) is 0 Å². The van der Waals surface area contributed by atoms with Gasteiger partial charge in [0.2, 0.25) is 5.91 Å². The van der Waals surface area contributed by atoms with Crippen molar-refractivity contribution in [3.8, 4) is 0 Å². The van der Waals surface area contributed by atoms with Crippen molar-refractivity contribution in [3.63, 3.8) is 0 Å². The number of halogens is 2. The van der Waals surface area contributed by atoms with E-state index in [1.165, 1.54) is 11.0 Å². The molecule has 0 bridgehead atoms. The van der Waals surface area contributed by atoms with Gasteiger partial charge in [0.25, 0.3) is 0 Å². The van der Waals surface area contributed by atoms with Crippen LogP contribution in [0.4, 0.5) is 0 Å². The van der Waals surface area contributed by atoms with Crippen molar-refractivity contribution in [1.82, 2.24) is 4.90 Å². The average molecular weight is 318 g/mol. The van der Waals surface area contributed by atoms with Gasteiger partial charge in [0.05, 0.1) is 13.2 Å². The molecule has 0 heterocycles. The van der Waals surface area contributed by atoms with E-state index in [0.29, 0.717) is 23.2 Å². The third-order valence-electron chi connectivity index (χ3n) is 2.55. The number of methoxy groups -OCH3 is 1. The highest BCUT2D eigenvalue weighted by atomic mass is 35.5. The van der Waals surface area contributed by atoms with E-state index < -0.39 is 0 Å². The molecule has 0 aliphatic rings. The fraction of sp³-hybridized carbons (Fsp3) is 0.357. The lowest BCUT2D eigenvalue weighted by Gasteiger charge is -2.19. The fourth-order valence-electron chi connectivity index (χ4n) is 1.60. The Morgan fingerprint density at radius 1 is 1.30 bits per heavy atom. The summed E-state index contributed by atoms with van der Waals surface area (Å²) in [7, 11) is 1.56. The molecule has 0 fully saturated rings. The van der Waals surface area contributed by atoms with Gasteiger partial charge < -0.3 is 14.7 Å². The summed E-state index contributed by atoms with van der Waals surface area (Å²) >= 11 is 11.8. The van der Waals surface area contributed by atoms with Crippen LogP contribution in [0, 0.1) is 0 Å². The highest BCUT2D eigenvalue weighted by molar-refractivity contribution is 6.34. The normalized spacial score (nSPS) is 11.0. The summed E-state index contributed by atoms with van der Waals surface area (Å²) in [5.74, 6) is -0.202. The molecule has 0 unspecified atom stereocenters. The first kappa shape index (κ1) is 17.0. The van der Waals surface area contributed by atoms with Crippen LogP contribution in [0.2, 0.25) is 10.0 Å². The van der Waals surface area contributed by atoms with Crippen LogP contribution < -0.4 is 0 Å². The molecule has 0 saturated heterocycles. The maximum atomic E-state index is 12.0. The number of carbonyl (C=O) groups excluding carboxylic acids is 1. The number of carbonyl (C=O) groups is 1. The maximum absolute atomic E-state index is 12.0. The maximum Gasteiger partial charge on any atom is 0.246 e. The van der Waals surface area contributed by atoms with Gasteiger partial charge in [0.1, 0.15) is 0 Å². The van der Waals surface area contributed by atoms with Crippen molar-refractivity contribution in [1.29, 1.82) is 0 Å². The molecule has 1 aromatic carbocycles. The van der Waals surface area contributed by atoms with Crippen LogP contribution >= 0.6 is 23.2 Å². The Morgan fingerprint density at radius 2 is 1.95 bits per heavy atom. The van der Waals surface area contributed by atoms with Crippen LogP contribution in [0.3, 0.4) is 0 Å². The summed E-state index contributed by atoms with van der Waals surface area (Å²) in [5, 5.41) is 9.97. The van der Waals surface area contributed by atoms with E-state index in [1.54, 1.807) is 31.4 Å². The van der Waals surface area contributed by atoms with Crippen LogP contribution in [-0.4, -0.2) is 49.3 Å². The second-order valence-corrected chi connectivity index (χ2v) is 4.95. The predicted molar refractivity (Wildman–Crippen MR) is 81.0 cm³/mol. The Hall–Kier alpha value is -1.07. The molecule has 4 nitrogen and oxygen atoms in total. The van der Waals surface area contributed by atoms with Crippen molar-refractivity contribution in [2.75, 3.05) is 33.4 Å². The van der Waals surface area contributed by atoms with Gasteiger partial charge in [-0.15, -0.1) is 0 Å². The number of ether oxygens (including phenoxy) is 1. The molecule has 20 heavy (non-hydrogen) atoms. The van der Waals surface area contributed by atoms with Crippen LogP contribution in [0.25, 0.3) is 6.08 Å². The van der Waals surface area contributed by atoms with E-state index in [9.17, 15) is 4.79 Å². The first-order valence-corrected chi connectivity index (χ1v) is 6.85. The minimum absolute atomic E-state index is 0.0910. The summed E-state index contributed by atoms with van der Waals surface area (Å²) in [6, 6.07) is 5.05. The van der Waals surface area contributed by atoms with E-state index in [0.717, 1.165) is 5.56 Å². The molecule has 0 atom stereocenters. The lowest BCUT2D eigenvalue weighted by molar-refractivity contribution is -0.127. The van der Waals surface area contributed by atoms with Crippen molar-refractivity contribution < 1.29 is 14.6 Å². The van der Waals surface area contributed by atoms with Crippen LogP contribution in [0.15, 0.2) is 24.3 Å². The number of rotatable bonds is 7. The zero-order chi connectivity index (χ0) is 15.0. The molecule has 6 heteroatoms. The third kappa shape index (κ3) is 5.92. The van der Waals surface area contributed by atoms with Crippen LogP contribution in [0.5, 0.6) is 0 Å². The van der Waals surface area contributed by atoms with Gasteiger partial charge >= 0.3 is 0 Å². The Morgan fingerprint density at radius 3 is 2.50 bits per heavy atom. The van der Waals surface area contributed by atoms with E-state index in [2.05, 4.69) is 0 Å². The molecule has 0 aliphatic heterocycles. The van der Waals surface area contributed by atoms with E-state index in [4.69, 9.17) is 33.0 Å². The molecule has 0 saturated carbocycles. The van der Waals surface area contributed by atoms with Crippen LogP contribution in [-0.2, 0) is 9.53 Å². The number of amides is 1. The largest absolute Gasteiger partial charge is 0.395 e. The van der Waals surface area contributed by atoms with E-state index >= 15 is 0 Å². The number of nitrogens with zero attached hydrogens (tertiary/aromatic N) is 1. The monoisotopic (exact) mass is 317 g/mol. The van der Waals surface area contributed by atoms with Crippen LogP contribution in [0.1, 0.15) is 5.56 Å². The van der Waals surface area contributed by atoms with Gasteiger partial charge in [-0.1, -0.05) is 23.2 Å². The summed E-state index contributed by atoms with van der Waals surface area (Å²) in [6.45, 7) is 1.02. The smallest absolute Gasteiger partial charge is 0.246 e. The number of aliphatic hydroxyl groups excluding tert-OH is 1. The molecule has 0 radical (unpaired) electrons. The number of aliphatic hydroxyl groups is 1. The summed E-state index contributed by atoms with van der Waals surface area (Å²) in [6.07, 6.45) is 3.06. The Balaban J connectivity index is 2.72. The van der Waals surface area contributed by atoms with E-state index in [-0.39, 0.29) is 19.1 Å². The topological polar surface area (TPSA) is 49.8 Å². The van der Waals surface area contributed by atoms with Gasteiger partial charge in [0, 0.05) is 36.3 Å². The van der Waals surface area contributed by atoms with Gasteiger partial charge in [-0.3, -0.25) is 4.79 Å². The summed E-state index contributed by atoms with van der Waals surface area (Å²) in [5.41, 5.74) is 0.742. The lowest BCUT2D eigenvalue weighted by Crippen LogP contribution is -2.34.